The van der Waals surface area contributed by atoms with Gasteiger partial charge in [-0.05, 0) is 54.6 Å². The summed E-state index contributed by atoms with van der Waals surface area (Å²) in [6.07, 6.45) is -4.79. The van der Waals surface area contributed by atoms with Gasteiger partial charge < -0.3 is 23.7 Å². The van der Waals surface area contributed by atoms with E-state index in [-0.39, 0.29) is 28.1 Å². The highest BCUT2D eigenvalue weighted by atomic mass is 35.5. The molecule has 0 radical (unpaired) electrons. The molecule has 44 heavy (non-hydrogen) atoms. The van der Waals surface area contributed by atoms with Crippen molar-refractivity contribution in [1.29, 1.82) is 0 Å². The molecule has 0 saturated heterocycles. The predicted octanol–water partition coefficient (Wildman–Crippen LogP) is 7.38. The van der Waals surface area contributed by atoms with E-state index in [1.54, 1.807) is 60.7 Å². The minimum absolute atomic E-state index is 0.00113. The summed E-state index contributed by atoms with van der Waals surface area (Å²) < 4.78 is 70.7. The molecule has 0 amide bonds. The molecule has 0 saturated carbocycles. The van der Waals surface area contributed by atoms with Gasteiger partial charge in [-0.15, -0.1) is 0 Å². The fraction of sp³-hybridized carbons (Fsp3) is 0.194. The van der Waals surface area contributed by atoms with Crippen LogP contribution in [0.2, 0.25) is 5.02 Å². The Morgan fingerprint density at radius 2 is 1.27 bits per heavy atom. The quantitative estimate of drug-likeness (QED) is 0.167. The standard InChI is InChI=1S/C31H26ClF3N4O5/c1-40-20-8-6-7-17(13-20)21-16-26(31(33,34)35)37-30(36-21)39-29(19-10-12-23(42-3)25(15-19)44-5)27(32)28(38-39)18-9-11-22(41-2)24(14-18)43-4/h6-16H,1-5H3. The lowest BCUT2D eigenvalue weighted by molar-refractivity contribution is -0.141. The van der Waals surface area contributed by atoms with Gasteiger partial charge in [-0.3, -0.25) is 0 Å². The van der Waals surface area contributed by atoms with Crippen LogP contribution in [0.3, 0.4) is 0 Å². The summed E-state index contributed by atoms with van der Waals surface area (Å²) in [4.78, 5) is 8.40. The zero-order valence-corrected chi connectivity index (χ0v) is 24.9. The monoisotopic (exact) mass is 626 g/mol. The Morgan fingerprint density at radius 1 is 0.659 bits per heavy atom. The van der Waals surface area contributed by atoms with Gasteiger partial charge in [0.2, 0.25) is 0 Å². The topological polar surface area (TPSA) is 89.8 Å². The summed E-state index contributed by atoms with van der Waals surface area (Å²) in [6.45, 7) is 0. The molecule has 0 bridgehead atoms. The minimum Gasteiger partial charge on any atom is -0.497 e. The molecule has 9 nitrogen and oxygen atoms in total. The van der Waals surface area contributed by atoms with Crippen LogP contribution in [0.4, 0.5) is 13.2 Å². The fourth-order valence-corrected chi connectivity index (χ4v) is 4.89. The lowest BCUT2D eigenvalue weighted by Gasteiger charge is -2.14. The first kappa shape index (κ1) is 30.5. The van der Waals surface area contributed by atoms with Gasteiger partial charge in [-0.25, -0.2) is 9.97 Å². The van der Waals surface area contributed by atoms with Gasteiger partial charge in [-0.1, -0.05) is 23.7 Å². The molecule has 228 valence electrons. The van der Waals surface area contributed by atoms with Crippen LogP contribution in [0.1, 0.15) is 5.69 Å². The van der Waals surface area contributed by atoms with E-state index in [2.05, 4.69) is 15.1 Å². The van der Waals surface area contributed by atoms with E-state index in [0.29, 0.717) is 45.4 Å². The largest absolute Gasteiger partial charge is 0.497 e. The maximum atomic E-state index is 14.2. The van der Waals surface area contributed by atoms with Gasteiger partial charge in [-0.2, -0.15) is 23.0 Å². The predicted molar refractivity (Wildman–Crippen MR) is 158 cm³/mol. The minimum atomic E-state index is -4.79. The molecule has 2 aromatic heterocycles. The second kappa shape index (κ2) is 12.3. The van der Waals surface area contributed by atoms with Crippen LogP contribution in [-0.4, -0.2) is 55.3 Å². The molecule has 0 aliphatic heterocycles. The maximum Gasteiger partial charge on any atom is 0.433 e. The van der Waals surface area contributed by atoms with Crippen LogP contribution in [0, 0.1) is 0 Å². The molecule has 5 rings (SSSR count). The molecule has 0 unspecified atom stereocenters. The van der Waals surface area contributed by atoms with Gasteiger partial charge in [0, 0.05) is 16.7 Å². The Morgan fingerprint density at radius 3 is 1.86 bits per heavy atom. The van der Waals surface area contributed by atoms with Crippen molar-refractivity contribution in [2.45, 2.75) is 6.18 Å². The molecule has 0 atom stereocenters. The smallest absolute Gasteiger partial charge is 0.433 e. The number of halogens is 4. The van der Waals surface area contributed by atoms with Crippen LogP contribution < -0.4 is 23.7 Å². The van der Waals surface area contributed by atoms with Crippen LogP contribution in [0.5, 0.6) is 28.7 Å². The highest BCUT2D eigenvalue weighted by Gasteiger charge is 2.35. The fourth-order valence-electron chi connectivity index (χ4n) is 4.55. The van der Waals surface area contributed by atoms with Crippen molar-refractivity contribution in [2.75, 3.05) is 35.5 Å². The van der Waals surface area contributed by atoms with Crippen molar-refractivity contribution < 1.29 is 36.9 Å². The molecule has 2 heterocycles. The van der Waals surface area contributed by atoms with E-state index in [1.807, 2.05) is 0 Å². The third-order valence-electron chi connectivity index (χ3n) is 6.70. The van der Waals surface area contributed by atoms with Gasteiger partial charge in [0.15, 0.2) is 28.7 Å². The number of hydrogen-bond acceptors (Lipinski definition) is 8. The number of nitrogens with zero attached hydrogens (tertiary/aromatic N) is 4. The van der Waals surface area contributed by atoms with Crippen molar-refractivity contribution >= 4 is 11.6 Å². The van der Waals surface area contributed by atoms with Gasteiger partial charge in [0.25, 0.3) is 5.95 Å². The van der Waals surface area contributed by atoms with Crippen molar-refractivity contribution in [3.63, 3.8) is 0 Å². The summed E-state index contributed by atoms with van der Waals surface area (Å²) in [7, 11) is 7.39. The zero-order chi connectivity index (χ0) is 31.6. The molecule has 13 heteroatoms. The first-order valence-electron chi connectivity index (χ1n) is 13.0. The van der Waals surface area contributed by atoms with Crippen LogP contribution in [-0.2, 0) is 6.18 Å². The molecule has 5 aromatic rings. The average Bonchev–Trinajstić information content (AvgIpc) is 3.40. The second-order valence-electron chi connectivity index (χ2n) is 9.23. The Labute approximate surface area is 255 Å². The van der Waals surface area contributed by atoms with Crippen LogP contribution >= 0.6 is 11.6 Å². The molecule has 0 spiro atoms. The van der Waals surface area contributed by atoms with E-state index in [4.69, 9.17) is 35.3 Å². The SMILES string of the molecule is COc1cccc(-c2cc(C(F)(F)F)nc(-n3nc(-c4ccc(OC)c(OC)c4)c(Cl)c3-c3ccc(OC)c(OC)c3)n2)c1. The van der Waals surface area contributed by atoms with E-state index >= 15 is 0 Å². The van der Waals surface area contributed by atoms with E-state index < -0.39 is 11.9 Å². The van der Waals surface area contributed by atoms with Gasteiger partial charge in [0.05, 0.1) is 52.0 Å². The maximum absolute atomic E-state index is 14.2. The zero-order valence-electron chi connectivity index (χ0n) is 24.2. The number of ether oxygens (including phenoxy) is 5. The Hall–Kier alpha value is -4.97. The number of alkyl halides is 3. The Bertz CT molecular complexity index is 1830. The van der Waals surface area contributed by atoms with Crippen molar-refractivity contribution in [2.24, 2.45) is 0 Å². The number of methoxy groups -OCH3 is 5. The normalized spacial score (nSPS) is 11.3. The molecule has 0 aliphatic rings. The van der Waals surface area contributed by atoms with Crippen molar-refractivity contribution in [3.8, 4) is 68.5 Å². The summed E-state index contributed by atoms with van der Waals surface area (Å²) in [5.41, 5.74) is 0.625. The molecular formula is C31H26ClF3N4O5. The number of aromatic nitrogens is 4. The van der Waals surface area contributed by atoms with Crippen LogP contribution in [0.15, 0.2) is 66.7 Å². The summed E-state index contributed by atoms with van der Waals surface area (Å²) in [5.74, 6) is 1.75. The first-order valence-corrected chi connectivity index (χ1v) is 13.3. The Balaban J connectivity index is 1.82. The Kier molecular flexibility index (Phi) is 8.54. The van der Waals surface area contributed by atoms with E-state index in [9.17, 15) is 13.2 Å². The molecule has 0 N–H and O–H groups in total. The first-order chi connectivity index (χ1) is 21.1. The lowest BCUT2D eigenvalue weighted by atomic mass is 10.1. The highest BCUT2D eigenvalue weighted by molar-refractivity contribution is 6.35. The van der Waals surface area contributed by atoms with Gasteiger partial charge in [0.1, 0.15) is 11.4 Å². The van der Waals surface area contributed by atoms with Crippen molar-refractivity contribution in [3.05, 3.63) is 77.4 Å². The lowest BCUT2D eigenvalue weighted by Crippen LogP contribution is -2.14. The molecular weight excluding hydrogens is 601 g/mol. The second-order valence-corrected chi connectivity index (χ2v) is 9.61. The third kappa shape index (κ3) is 5.80. The van der Waals surface area contributed by atoms with Gasteiger partial charge >= 0.3 is 6.18 Å². The highest BCUT2D eigenvalue weighted by Crippen LogP contribution is 2.43. The third-order valence-corrected chi connectivity index (χ3v) is 7.06. The molecule has 0 aliphatic carbocycles. The average molecular weight is 627 g/mol. The number of rotatable bonds is 9. The summed E-state index contributed by atoms with van der Waals surface area (Å²) >= 11 is 6.99. The molecule has 3 aromatic carbocycles. The van der Waals surface area contributed by atoms with E-state index in [0.717, 1.165) is 6.07 Å². The van der Waals surface area contributed by atoms with Crippen LogP contribution in [0.25, 0.3) is 39.7 Å². The molecule has 0 fully saturated rings. The summed E-state index contributed by atoms with van der Waals surface area (Å²) in [5, 5.41) is 4.77. The van der Waals surface area contributed by atoms with Crippen molar-refractivity contribution in [1.82, 2.24) is 19.7 Å². The number of hydrogen-bond donors (Lipinski definition) is 0. The summed E-state index contributed by atoms with van der Waals surface area (Å²) in [6, 6.07) is 17.4. The van der Waals surface area contributed by atoms with E-state index in [1.165, 1.54) is 40.2 Å². The number of benzene rings is 3.